The average Bonchev–Trinajstić information content (AvgIpc) is 2.89. The Balaban J connectivity index is 2.23. The maximum Gasteiger partial charge on any atom is 0.0544 e. The summed E-state index contributed by atoms with van der Waals surface area (Å²) in [6.07, 6.45) is 0. The van der Waals surface area contributed by atoms with E-state index in [1.807, 2.05) is 0 Å². The first-order chi connectivity index (χ1) is 11.1. The minimum absolute atomic E-state index is 0.116. The number of nitrogens with zero attached hydrogens (tertiary/aromatic N) is 1. The van der Waals surface area contributed by atoms with Crippen LogP contribution in [0.1, 0.15) is 26.3 Å². The summed E-state index contributed by atoms with van der Waals surface area (Å²) >= 11 is 0. The third kappa shape index (κ3) is 2.16. The smallest absolute Gasteiger partial charge is 0.0544 e. The van der Waals surface area contributed by atoms with E-state index in [9.17, 15) is 0 Å². The van der Waals surface area contributed by atoms with E-state index >= 15 is 0 Å². The van der Waals surface area contributed by atoms with Gasteiger partial charge in [0.1, 0.15) is 0 Å². The Bertz CT molecular complexity index is 985. The summed E-state index contributed by atoms with van der Waals surface area (Å²) in [5.41, 5.74) is 5.28. The van der Waals surface area contributed by atoms with Crippen molar-refractivity contribution < 1.29 is 0 Å². The van der Waals surface area contributed by atoms with Gasteiger partial charge in [0.2, 0.25) is 0 Å². The Morgan fingerprint density at radius 1 is 0.652 bits per heavy atom. The first-order valence-electron chi connectivity index (χ1n) is 8.15. The Kier molecular flexibility index (Phi) is 3.05. The van der Waals surface area contributed by atoms with Gasteiger partial charge in [-0.25, -0.2) is 0 Å². The SMILES string of the molecule is CC(C)(C)c1cccc2c1c1ccccc1n2-c1ccccc1. The second kappa shape index (κ2) is 4.99. The van der Waals surface area contributed by atoms with E-state index in [1.165, 1.54) is 33.1 Å². The van der Waals surface area contributed by atoms with Gasteiger partial charge in [0.25, 0.3) is 0 Å². The van der Waals surface area contributed by atoms with Gasteiger partial charge in [0, 0.05) is 16.5 Å². The van der Waals surface area contributed by atoms with E-state index in [0.717, 1.165) is 0 Å². The van der Waals surface area contributed by atoms with E-state index < -0.39 is 0 Å². The molecule has 0 N–H and O–H groups in total. The minimum Gasteiger partial charge on any atom is -0.309 e. The van der Waals surface area contributed by atoms with Gasteiger partial charge in [0.15, 0.2) is 0 Å². The van der Waals surface area contributed by atoms with Gasteiger partial charge in [-0.1, -0.05) is 69.3 Å². The normalized spacial score (nSPS) is 12.1. The van der Waals surface area contributed by atoms with Gasteiger partial charge < -0.3 is 4.57 Å². The molecule has 0 atom stereocenters. The van der Waals surface area contributed by atoms with Crippen LogP contribution in [0.25, 0.3) is 27.5 Å². The van der Waals surface area contributed by atoms with Crippen LogP contribution in [0.3, 0.4) is 0 Å². The zero-order valence-electron chi connectivity index (χ0n) is 13.9. The standard InChI is InChI=1S/C22H21N/c1-22(2,3)18-13-9-15-20-21(18)17-12-7-8-14-19(17)23(20)16-10-5-4-6-11-16/h4-15H,1-3H3. The second-order valence-corrected chi connectivity index (χ2v) is 7.14. The van der Waals surface area contributed by atoms with Crippen molar-refractivity contribution in [3.05, 3.63) is 78.4 Å². The highest BCUT2D eigenvalue weighted by Gasteiger charge is 2.21. The van der Waals surface area contributed by atoms with Crippen LogP contribution in [-0.4, -0.2) is 4.57 Å². The number of para-hydroxylation sites is 2. The maximum atomic E-state index is 2.37. The third-order valence-corrected chi connectivity index (χ3v) is 4.52. The van der Waals surface area contributed by atoms with Gasteiger partial charge in [-0.05, 0) is 35.2 Å². The second-order valence-electron chi connectivity index (χ2n) is 7.14. The average molecular weight is 299 g/mol. The maximum absolute atomic E-state index is 2.37. The van der Waals surface area contributed by atoms with Gasteiger partial charge >= 0.3 is 0 Å². The molecule has 0 aliphatic carbocycles. The fourth-order valence-corrected chi connectivity index (χ4v) is 3.50. The zero-order valence-corrected chi connectivity index (χ0v) is 13.9. The lowest BCUT2D eigenvalue weighted by Crippen LogP contribution is -2.11. The van der Waals surface area contributed by atoms with Crippen LogP contribution in [0.5, 0.6) is 0 Å². The molecule has 0 amide bonds. The van der Waals surface area contributed by atoms with E-state index in [4.69, 9.17) is 0 Å². The number of benzene rings is 3. The fourth-order valence-electron chi connectivity index (χ4n) is 3.50. The summed E-state index contributed by atoms with van der Waals surface area (Å²) in [6.45, 7) is 6.86. The summed E-state index contributed by atoms with van der Waals surface area (Å²) in [4.78, 5) is 0. The summed E-state index contributed by atoms with van der Waals surface area (Å²) < 4.78 is 2.37. The molecular weight excluding hydrogens is 278 g/mol. The molecule has 0 aliphatic heterocycles. The minimum atomic E-state index is 0.116. The van der Waals surface area contributed by atoms with E-state index in [1.54, 1.807) is 0 Å². The lowest BCUT2D eigenvalue weighted by atomic mass is 9.84. The van der Waals surface area contributed by atoms with Crippen molar-refractivity contribution in [1.29, 1.82) is 0 Å². The number of rotatable bonds is 1. The van der Waals surface area contributed by atoms with Crippen molar-refractivity contribution in [2.45, 2.75) is 26.2 Å². The topological polar surface area (TPSA) is 4.93 Å². The van der Waals surface area contributed by atoms with E-state index in [-0.39, 0.29) is 5.41 Å². The predicted octanol–water partition coefficient (Wildman–Crippen LogP) is 6.08. The van der Waals surface area contributed by atoms with Gasteiger partial charge in [0.05, 0.1) is 11.0 Å². The van der Waals surface area contributed by atoms with E-state index in [0.29, 0.717) is 0 Å². The van der Waals surface area contributed by atoms with Gasteiger partial charge in [-0.15, -0.1) is 0 Å². The number of hydrogen-bond acceptors (Lipinski definition) is 0. The van der Waals surface area contributed by atoms with Crippen molar-refractivity contribution in [3.63, 3.8) is 0 Å². The van der Waals surface area contributed by atoms with Crippen LogP contribution in [0.15, 0.2) is 72.8 Å². The van der Waals surface area contributed by atoms with Crippen molar-refractivity contribution in [2.24, 2.45) is 0 Å². The summed E-state index contributed by atoms with van der Waals surface area (Å²) in [5.74, 6) is 0. The molecule has 1 heteroatoms. The summed E-state index contributed by atoms with van der Waals surface area (Å²) in [6, 6.07) is 26.0. The zero-order chi connectivity index (χ0) is 16.0. The molecule has 0 aliphatic rings. The Hall–Kier alpha value is -2.54. The first-order valence-corrected chi connectivity index (χ1v) is 8.15. The number of aromatic nitrogens is 1. The molecule has 0 unspecified atom stereocenters. The lowest BCUT2D eigenvalue weighted by Gasteiger charge is -2.20. The van der Waals surface area contributed by atoms with Crippen molar-refractivity contribution in [1.82, 2.24) is 4.57 Å². The molecule has 0 saturated heterocycles. The summed E-state index contributed by atoms with van der Waals surface area (Å²) in [7, 11) is 0. The predicted molar refractivity (Wildman–Crippen MR) is 99.5 cm³/mol. The third-order valence-electron chi connectivity index (χ3n) is 4.52. The highest BCUT2D eigenvalue weighted by atomic mass is 15.0. The molecule has 4 rings (SSSR count). The Morgan fingerprint density at radius 2 is 1.30 bits per heavy atom. The molecule has 0 spiro atoms. The molecule has 1 heterocycles. The monoisotopic (exact) mass is 299 g/mol. The van der Waals surface area contributed by atoms with Gasteiger partial charge in [-0.3, -0.25) is 0 Å². The molecule has 3 aromatic carbocycles. The van der Waals surface area contributed by atoms with Crippen LogP contribution in [0.2, 0.25) is 0 Å². The molecule has 0 fully saturated rings. The van der Waals surface area contributed by atoms with Crippen molar-refractivity contribution >= 4 is 21.8 Å². The van der Waals surface area contributed by atoms with Crippen LogP contribution in [0, 0.1) is 0 Å². The quantitative estimate of drug-likeness (QED) is 0.401. The largest absolute Gasteiger partial charge is 0.309 e. The molecular formula is C22H21N. The first kappa shape index (κ1) is 14.1. The highest BCUT2D eigenvalue weighted by Crippen LogP contribution is 2.38. The van der Waals surface area contributed by atoms with E-state index in [2.05, 4.69) is 98.1 Å². The van der Waals surface area contributed by atoms with Crippen LogP contribution in [0.4, 0.5) is 0 Å². The Labute approximate surface area is 137 Å². The molecule has 0 bridgehead atoms. The van der Waals surface area contributed by atoms with Crippen LogP contribution in [-0.2, 0) is 5.41 Å². The molecule has 4 aromatic rings. The Morgan fingerprint density at radius 3 is 2.04 bits per heavy atom. The molecule has 1 nitrogen and oxygen atoms in total. The molecule has 114 valence electrons. The van der Waals surface area contributed by atoms with Gasteiger partial charge in [-0.2, -0.15) is 0 Å². The van der Waals surface area contributed by atoms with Crippen molar-refractivity contribution in [2.75, 3.05) is 0 Å². The lowest BCUT2D eigenvalue weighted by molar-refractivity contribution is 0.596. The molecule has 0 saturated carbocycles. The van der Waals surface area contributed by atoms with Crippen LogP contribution >= 0.6 is 0 Å². The molecule has 1 aromatic heterocycles. The molecule has 23 heavy (non-hydrogen) atoms. The number of fused-ring (bicyclic) bond motifs is 3. The highest BCUT2D eigenvalue weighted by molar-refractivity contribution is 6.11. The summed E-state index contributed by atoms with van der Waals surface area (Å²) in [5, 5.41) is 2.70. The van der Waals surface area contributed by atoms with Crippen molar-refractivity contribution in [3.8, 4) is 5.69 Å². The fraction of sp³-hybridized carbons (Fsp3) is 0.182. The van der Waals surface area contributed by atoms with Crippen LogP contribution < -0.4 is 0 Å². The number of hydrogen-bond donors (Lipinski definition) is 0. The molecule has 0 radical (unpaired) electrons.